The van der Waals surface area contributed by atoms with E-state index >= 15 is 0 Å². The molecule has 0 heterocycles. The van der Waals surface area contributed by atoms with Crippen LogP contribution in [0.2, 0.25) is 0 Å². The standard InChI is InChI=1S/C15H12INO3/c16-13-4-2-1-3-12(13)15(19)20-9-10-5-7-11(8-6-10)14(17)18/h1-8H,9H2,(H2,17,18). The first-order valence-electron chi connectivity index (χ1n) is 5.88. The number of hydrogen-bond acceptors (Lipinski definition) is 3. The number of rotatable bonds is 4. The molecule has 0 atom stereocenters. The molecular formula is C15H12INO3. The fourth-order valence-electron chi connectivity index (χ4n) is 1.62. The van der Waals surface area contributed by atoms with Crippen molar-refractivity contribution < 1.29 is 14.3 Å². The van der Waals surface area contributed by atoms with Gasteiger partial charge in [0.15, 0.2) is 0 Å². The molecule has 0 radical (unpaired) electrons. The minimum Gasteiger partial charge on any atom is -0.457 e. The van der Waals surface area contributed by atoms with Crippen LogP contribution in [0.4, 0.5) is 0 Å². The Balaban J connectivity index is 2.00. The van der Waals surface area contributed by atoms with E-state index in [1.807, 2.05) is 12.1 Å². The normalized spacial score (nSPS) is 10.1. The van der Waals surface area contributed by atoms with E-state index in [-0.39, 0.29) is 12.6 Å². The molecule has 0 spiro atoms. The predicted molar refractivity (Wildman–Crippen MR) is 83.2 cm³/mol. The lowest BCUT2D eigenvalue weighted by atomic mass is 10.1. The Labute approximate surface area is 130 Å². The minimum absolute atomic E-state index is 0.156. The van der Waals surface area contributed by atoms with Gasteiger partial charge < -0.3 is 10.5 Å². The number of nitrogens with two attached hydrogens (primary N) is 1. The summed E-state index contributed by atoms with van der Waals surface area (Å²) in [5.41, 5.74) is 6.93. The van der Waals surface area contributed by atoms with E-state index in [0.29, 0.717) is 11.1 Å². The van der Waals surface area contributed by atoms with Gasteiger partial charge in [-0.05, 0) is 52.4 Å². The molecule has 0 unspecified atom stereocenters. The van der Waals surface area contributed by atoms with Gasteiger partial charge in [0.25, 0.3) is 0 Å². The number of amides is 1. The molecule has 20 heavy (non-hydrogen) atoms. The molecule has 102 valence electrons. The second-order valence-corrected chi connectivity index (χ2v) is 5.28. The van der Waals surface area contributed by atoms with E-state index in [2.05, 4.69) is 22.6 Å². The van der Waals surface area contributed by atoms with Crippen molar-refractivity contribution in [1.29, 1.82) is 0 Å². The summed E-state index contributed by atoms with van der Waals surface area (Å²) in [6, 6.07) is 13.9. The average molecular weight is 381 g/mol. The van der Waals surface area contributed by atoms with E-state index in [1.165, 1.54) is 0 Å². The Hall–Kier alpha value is -1.89. The van der Waals surface area contributed by atoms with Crippen molar-refractivity contribution in [2.24, 2.45) is 5.73 Å². The fraction of sp³-hybridized carbons (Fsp3) is 0.0667. The largest absolute Gasteiger partial charge is 0.457 e. The summed E-state index contributed by atoms with van der Waals surface area (Å²) in [6.07, 6.45) is 0. The van der Waals surface area contributed by atoms with E-state index < -0.39 is 5.91 Å². The van der Waals surface area contributed by atoms with Crippen LogP contribution in [0.5, 0.6) is 0 Å². The van der Waals surface area contributed by atoms with E-state index in [9.17, 15) is 9.59 Å². The first kappa shape index (κ1) is 14.5. The molecule has 0 saturated heterocycles. The molecule has 5 heteroatoms. The van der Waals surface area contributed by atoms with Crippen molar-refractivity contribution in [2.75, 3.05) is 0 Å². The summed E-state index contributed by atoms with van der Waals surface area (Å²) >= 11 is 2.09. The Morgan fingerprint density at radius 2 is 1.70 bits per heavy atom. The lowest BCUT2D eigenvalue weighted by molar-refractivity contribution is 0.0471. The van der Waals surface area contributed by atoms with Crippen LogP contribution in [-0.4, -0.2) is 11.9 Å². The summed E-state index contributed by atoms with van der Waals surface area (Å²) in [6.45, 7) is 0.156. The highest BCUT2D eigenvalue weighted by atomic mass is 127. The number of halogens is 1. The molecule has 2 aromatic carbocycles. The van der Waals surface area contributed by atoms with Crippen molar-refractivity contribution >= 4 is 34.5 Å². The fourth-order valence-corrected chi connectivity index (χ4v) is 2.23. The molecule has 0 aromatic heterocycles. The van der Waals surface area contributed by atoms with Gasteiger partial charge in [0.05, 0.1) is 5.56 Å². The van der Waals surface area contributed by atoms with E-state index in [1.54, 1.807) is 36.4 Å². The number of esters is 1. The molecule has 2 aromatic rings. The lowest BCUT2D eigenvalue weighted by Gasteiger charge is -2.06. The van der Waals surface area contributed by atoms with Crippen molar-refractivity contribution in [3.05, 3.63) is 68.8 Å². The molecule has 1 amide bonds. The smallest absolute Gasteiger partial charge is 0.339 e. The van der Waals surface area contributed by atoms with Crippen LogP contribution in [0.25, 0.3) is 0 Å². The number of carbonyl (C=O) groups is 2. The van der Waals surface area contributed by atoms with E-state index in [4.69, 9.17) is 10.5 Å². The molecular weight excluding hydrogens is 369 g/mol. The first-order chi connectivity index (χ1) is 9.58. The van der Waals surface area contributed by atoms with Crippen LogP contribution in [0.3, 0.4) is 0 Å². The van der Waals surface area contributed by atoms with Crippen molar-refractivity contribution in [3.63, 3.8) is 0 Å². The third kappa shape index (κ3) is 3.57. The predicted octanol–water partition coefficient (Wildman–Crippen LogP) is 2.75. The highest BCUT2D eigenvalue weighted by Gasteiger charge is 2.10. The number of primary amides is 1. The van der Waals surface area contributed by atoms with Gasteiger partial charge in [-0.3, -0.25) is 4.79 Å². The Morgan fingerprint density at radius 3 is 2.30 bits per heavy atom. The third-order valence-corrected chi connectivity index (χ3v) is 3.64. The van der Waals surface area contributed by atoms with Gasteiger partial charge in [0.1, 0.15) is 6.61 Å². The third-order valence-electron chi connectivity index (χ3n) is 2.70. The highest BCUT2D eigenvalue weighted by Crippen LogP contribution is 2.14. The average Bonchev–Trinajstić information content (AvgIpc) is 2.45. The Kier molecular flexibility index (Phi) is 4.73. The molecule has 0 aliphatic heterocycles. The lowest BCUT2D eigenvalue weighted by Crippen LogP contribution is -2.11. The van der Waals surface area contributed by atoms with Crippen LogP contribution < -0.4 is 5.73 Å². The zero-order valence-electron chi connectivity index (χ0n) is 10.5. The molecule has 0 saturated carbocycles. The molecule has 2 N–H and O–H groups in total. The molecule has 0 bridgehead atoms. The molecule has 0 aliphatic rings. The van der Waals surface area contributed by atoms with Crippen LogP contribution in [0.15, 0.2) is 48.5 Å². The number of hydrogen-bond donors (Lipinski definition) is 1. The van der Waals surface area contributed by atoms with Gasteiger partial charge in [-0.15, -0.1) is 0 Å². The Bertz CT molecular complexity index is 638. The number of benzene rings is 2. The van der Waals surface area contributed by atoms with E-state index in [0.717, 1.165) is 9.13 Å². The second kappa shape index (κ2) is 6.51. The maximum absolute atomic E-state index is 11.9. The molecule has 0 aliphatic carbocycles. The van der Waals surface area contributed by atoms with Crippen LogP contribution in [0, 0.1) is 3.57 Å². The first-order valence-corrected chi connectivity index (χ1v) is 6.96. The summed E-state index contributed by atoms with van der Waals surface area (Å²) < 4.78 is 6.08. The SMILES string of the molecule is NC(=O)c1ccc(COC(=O)c2ccccc2I)cc1. The van der Waals surface area contributed by atoms with Gasteiger partial charge in [-0.1, -0.05) is 24.3 Å². The van der Waals surface area contributed by atoms with Gasteiger partial charge in [0, 0.05) is 9.13 Å². The maximum atomic E-state index is 11.9. The zero-order chi connectivity index (χ0) is 14.5. The quantitative estimate of drug-likeness (QED) is 0.654. The second-order valence-electron chi connectivity index (χ2n) is 4.12. The number of ether oxygens (including phenoxy) is 1. The maximum Gasteiger partial charge on any atom is 0.339 e. The minimum atomic E-state index is -0.479. The monoisotopic (exact) mass is 381 g/mol. The topological polar surface area (TPSA) is 69.4 Å². The summed E-state index contributed by atoms with van der Waals surface area (Å²) in [4.78, 5) is 22.8. The number of carbonyl (C=O) groups excluding carboxylic acids is 2. The summed E-state index contributed by atoms with van der Waals surface area (Å²) in [5.74, 6) is -0.846. The van der Waals surface area contributed by atoms with Gasteiger partial charge in [-0.25, -0.2) is 4.79 Å². The van der Waals surface area contributed by atoms with Gasteiger partial charge >= 0.3 is 5.97 Å². The zero-order valence-corrected chi connectivity index (χ0v) is 12.7. The van der Waals surface area contributed by atoms with Crippen molar-refractivity contribution in [1.82, 2.24) is 0 Å². The van der Waals surface area contributed by atoms with Crippen molar-refractivity contribution in [2.45, 2.75) is 6.61 Å². The van der Waals surface area contributed by atoms with Gasteiger partial charge in [-0.2, -0.15) is 0 Å². The van der Waals surface area contributed by atoms with Crippen LogP contribution in [0.1, 0.15) is 26.3 Å². The highest BCUT2D eigenvalue weighted by molar-refractivity contribution is 14.1. The summed E-state index contributed by atoms with van der Waals surface area (Å²) in [5, 5.41) is 0. The van der Waals surface area contributed by atoms with Crippen LogP contribution >= 0.6 is 22.6 Å². The molecule has 2 rings (SSSR count). The van der Waals surface area contributed by atoms with Gasteiger partial charge in [0.2, 0.25) is 5.91 Å². The van der Waals surface area contributed by atoms with Crippen LogP contribution in [-0.2, 0) is 11.3 Å². The molecule has 0 fully saturated rings. The van der Waals surface area contributed by atoms with Crippen molar-refractivity contribution in [3.8, 4) is 0 Å². The molecule has 4 nitrogen and oxygen atoms in total. The Morgan fingerprint density at radius 1 is 1.05 bits per heavy atom. The summed E-state index contributed by atoms with van der Waals surface area (Å²) in [7, 11) is 0.